The number of nitriles is 1. The lowest BCUT2D eigenvalue weighted by molar-refractivity contribution is -0.142. The quantitative estimate of drug-likeness (QED) is 0.659. The Kier molecular flexibility index (Phi) is 1.95. The second kappa shape index (κ2) is 2.59. The Labute approximate surface area is 77.7 Å². The summed E-state index contributed by atoms with van der Waals surface area (Å²) in [4.78, 5) is 11.0. The first-order valence-electron chi connectivity index (χ1n) is 4.19. The van der Waals surface area contributed by atoms with Crippen molar-refractivity contribution in [3.05, 3.63) is 11.6 Å². The Morgan fingerprint density at radius 1 is 1.62 bits per heavy atom. The maximum Gasteiger partial charge on any atom is 0.314 e. The molecule has 0 aromatic carbocycles. The summed E-state index contributed by atoms with van der Waals surface area (Å²) in [7, 11) is 0. The van der Waals surface area contributed by atoms with Crippen LogP contribution < -0.4 is 0 Å². The van der Waals surface area contributed by atoms with E-state index >= 15 is 0 Å². The Balaban J connectivity index is 3.01. The molecule has 70 valence electrons. The second-order valence-corrected chi connectivity index (χ2v) is 4.28. The first-order valence-corrected chi connectivity index (χ1v) is 4.19. The van der Waals surface area contributed by atoms with Gasteiger partial charge in [-0.2, -0.15) is 5.26 Å². The molecular formula is C10H13NO2. The van der Waals surface area contributed by atoms with E-state index in [1.165, 1.54) is 0 Å². The zero-order chi connectivity index (χ0) is 10.3. The monoisotopic (exact) mass is 179 g/mol. The minimum atomic E-state index is -0.827. The number of aliphatic carboxylic acids is 1. The molecule has 0 radical (unpaired) electrons. The van der Waals surface area contributed by atoms with Crippen molar-refractivity contribution in [3.63, 3.8) is 0 Å². The smallest absolute Gasteiger partial charge is 0.314 e. The molecule has 0 aromatic rings. The van der Waals surface area contributed by atoms with E-state index in [9.17, 15) is 4.79 Å². The average Bonchev–Trinajstić information content (AvgIpc) is 2.54. The number of carboxylic acid groups (broad SMARTS) is 1. The van der Waals surface area contributed by atoms with E-state index in [-0.39, 0.29) is 5.41 Å². The third-order valence-electron chi connectivity index (χ3n) is 2.82. The molecule has 1 rings (SSSR count). The summed E-state index contributed by atoms with van der Waals surface area (Å²) in [5.41, 5.74) is -0.531. The topological polar surface area (TPSA) is 61.1 Å². The number of hydrogen-bond donors (Lipinski definition) is 1. The highest BCUT2D eigenvalue weighted by atomic mass is 16.4. The summed E-state index contributed by atoms with van der Waals surface area (Å²) in [6, 6.07) is 1.95. The number of allylic oxidation sites excluding steroid dienone is 1. The number of nitrogens with zero attached hydrogens (tertiary/aromatic N) is 1. The minimum absolute atomic E-state index is 0.211. The molecule has 1 unspecified atom stereocenters. The summed E-state index contributed by atoms with van der Waals surface area (Å²) in [5, 5.41) is 17.6. The van der Waals surface area contributed by atoms with E-state index in [1.54, 1.807) is 13.0 Å². The van der Waals surface area contributed by atoms with Gasteiger partial charge in [-0.1, -0.05) is 19.9 Å². The lowest BCUT2D eigenvalue weighted by Crippen LogP contribution is -2.18. The van der Waals surface area contributed by atoms with Gasteiger partial charge in [0.15, 0.2) is 0 Å². The van der Waals surface area contributed by atoms with Crippen molar-refractivity contribution in [1.29, 1.82) is 5.26 Å². The van der Waals surface area contributed by atoms with E-state index in [0.29, 0.717) is 12.0 Å². The van der Waals surface area contributed by atoms with Gasteiger partial charge in [0.05, 0.1) is 11.5 Å². The van der Waals surface area contributed by atoms with Gasteiger partial charge < -0.3 is 5.11 Å². The predicted molar refractivity (Wildman–Crippen MR) is 47.8 cm³/mol. The number of hydrogen-bond acceptors (Lipinski definition) is 2. The molecule has 0 amide bonds. The summed E-state index contributed by atoms with van der Waals surface area (Å²) in [6.07, 6.45) is 2.20. The first kappa shape index (κ1) is 9.79. The van der Waals surface area contributed by atoms with Crippen LogP contribution in [0.15, 0.2) is 11.6 Å². The van der Waals surface area contributed by atoms with Crippen LogP contribution in [-0.2, 0) is 4.79 Å². The van der Waals surface area contributed by atoms with E-state index in [1.807, 2.05) is 19.9 Å². The van der Waals surface area contributed by atoms with E-state index in [2.05, 4.69) is 0 Å². The van der Waals surface area contributed by atoms with Crippen LogP contribution in [0.5, 0.6) is 0 Å². The lowest BCUT2D eigenvalue weighted by Gasteiger charge is -2.10. The first-order chi connectivity index (χ1) is 5.85. The zero-order valence-corrected chi connectivity index (χ0v) is 8.09. The van der Waals surface area contributed by atoms with Gasteiger partial charge in [0.1, 0.15) is 0 Å². The molecule has 1 saturated carbocycles. The van der Waals surface area contributed by atoms with Crippen molar-refractivity contribution in [3.8, 4) is 6.07 Å². The number of carbonyl (C=O) groups is 1. The Morgan fingerprint density at radius 2 is 2.08 bits per heavy atom. The largest absolute Gasteiger partial charge is 0.481 e. The van der Waals surface area contributed by atoms with E-state index in [0.717, 1.165) is 0 Å². The van der Waals surface area contributed by atoms with E-state index in [4.69, 9.17) is 10.4 Å². The molecular weight excluding hydrogens is 166 g/mol. The molecule has 1 fully saturated rings. The highest BCUT2D eigenvalue weighted by Crippen LogP contribution is 2.64. The fraction of sp³-hybridized carbons (Fsp3) is 0.600. The summed E-state index contributed by atoms with van der Waals surface area (Å²) >= 11 is 0. The molecule has 3 heteroatoms. The third kappa shape index (κ3) is 1.33. The van der Waals surface area contributed by atoms with Gasteiger partial charge in [-0.05, 0) is 18.8 Å². The lowest BCUT2D eigenvalue weighted by atomic mass is 9.94. The Bertz CT molecular complexity index is 322. The summed E-state index contributed by atoms with van der Waals surface area (Å²) in [6.45, 7) is 5.45. The molecule has 0 heterocycles. The Hall–Kier alpha value is -1.30. The van der Waals surface area contributed by atoms with Crippen molar-refractivity contribution in [1.82, 2.24) is 0 Å². The third-order valence-corrected chi connectivity index (χ3v) is 2.82. The maximum absolute atomic E-state index is 11.0. The van der Waals surface area contributed by atoms with Crippen molar-refractivity contribution < 1.29 is 9.90 Å². The van der Waals surface area contributed by atoms with Gasteiger partial charge in [0.25, 0.3) is 0 Å². The Morgan fingerprint density at radius 3 is 2.31 bits per heavy atom. The molecule has 3 nitrogen and oxygen atoms in total. The van der Waals surface area contributed by atoms with Crippen LogP contribution in [0.2, 0.25) is 0 Å². The fourth-order valence-corrected chi connectivity index (χ4v) is 1.73. The van der Waals surface area contributed by atoms with Gasteiger partial charge in [-0.15, -0.1) is 0 Å². The molecule has 0 spiro atoms. The molecule has 0 saturated heterocycles. The van der Waals surface area contributed by atoms with Crippen LogP contribution in [-0.4, -0.2) is 11.1 Å². The molecule has 1 atom stereocenters. The highest BCUT2D eigenvalue weighted by molar-refractivity contribution is 5.82. The molecule has 0 aliphatic heterocycles. The van der Waals surface area contributed by atoms with Crippen molar-refractivity contribution in [2.24, 2.45) is 10.8 Å². The molecule has 1 aliphatic rings. The normalized spacial score (nSPS) is 30.8. The maximum atomic E-state index is 11.0. The van der Waals surface area contributed by atoms with Crippen LogP contribution in [0.4, 0.5) is 0 Å². The molecule has 0 aromatic heterocycles. The zero-order valence-electron chi connectivity index (χ0n) is 8.09. The van der Waals surface area contributed by atoms with Gasteiger partial charge in [-0.3, -0.25) is 4.79 Å². The minimum Gasteiger partial charge on any atom is -0.481 e. The fourth-order valence-electron chi connectivity index (χ4n) is 1.73. The van der Waals surface area contributed by atoms with Crippen LogP contribution in [0.3, 0.4) is 0 Å². The molecule has 1 N–H and O–H groups in total. The van der Waals surface area contributed by atoms with Crippen molar-refractivity contribution in [2.45, 2.75) is 27.2 Å². The highest BCUT2D eigenvalue weighted by Gasteiger charge is 2.65. The molecule has 1 aliphatic carbocycles. The van der Waals surface area contributed by atoms with Gasteiger partial charge >= 0.3 is 5.97 Å². The number of carboxylic acids is 1. The average molecular weight is 179 g/mol. The van der Waals surface area contributed by atoms with Crippen LogP contribution in [0.1, 0.15) is 27.2 Å². The van der Waals surface area contributed by atoms with Gasteiger partial charge in [0.2, 0.25) is 0 Å². The second-order valence-electron chi connectivity index (χ2n) is 4.28. The van der Waals surface area contributed by atoms with Crippen molar-refractivity contribution in [2.75, 3.05) is 0 Å². The van der Waals surface area contributed by atoms with Gasteiger partial charge in [0, 0.05) is 5.57 Å². The summed E-state index contributed by atoms with van der Waals surface area (Å²) < 4.78 is 0. The number of rotatable bonds is 2. The SMILES string of the molecule is CC(C#N)=CC1(C(=O)O)CC1(C)C. The molecule has 0 bridgehead atoms. The summed E-state index contributed by atoms with van der Waals surface area (Å²) in [5.74, 6) is -0.827. The molecule has 13 heavy (non-hydrogen) atoms. The van der Waals surface area contributed by atoms with Crippen LogP contribution in [0.25, 0.3) is 0 Å². The van der Waals surface area contributed by atoms with Crippen LogP contribution >= 0.6 is 0 Å². The van der Waals surface area contributed by atoms with Crippen LogP contribution in [0, 0.1) is 22.2 Å². The van der Waals surface area contributed by atoms with Gasteiger partial charge in [-0.25, -0.2) is 0 Å². The van der Waals surface area contributed by atoms with Crippen molar-refractivity contribution >= 4 is 5.97 Å². The predicted octanol–water partition coefficient (Wildman–Crippen LogP) is 1.96. The van der Waals surface area contributed by atoms with E-state index < -0.39 is 11.4 Å². The standard InChI is InChI=1S/C10H13NO2/c1-7(5-11)4-10(8(12)13)6-9(10,2)3/h4H,6H2,1-3H3,(H,12,13).